The number of hydrogen-bond acceptors (Lipinski definition) is 4. The van der Waals surface area contributed by atoms with Gasteiger partial charge in [-0.05, 0) is 36.2 Å². The van der Waals surface area contributed by atoms with Crippen molar-refractivity contribution in [2.45, 2.75) is 27.2 Å². The van der Waals surface area contributed by atoms with E-state index in [9.17, 15) is 9.59 Å². The number of carbonyl (C=O) groups excluding carboxylic acids is 2. The Morgan fingerprint density at radius 3 is 2.17 bits per heavy atom. The summed E-state index contributed by atoms with van der Waals surface area (Å²) < 4.78 is 10.5. The molecule has 0 saturated heterocycles. The van der Waals surface area contributed by atoms with Gasteiger partial charge in [-0.15, -0.1) is 0 Å². The summed E-state index contributed by atoms with van der Waals surface area (Å²) in [7, 11) is 3.09. The van der Waals surface area contributed by atoms with Gasteiger partial charge in [0.2, 0.25) is 5.91 Å². The van der Waals surface area contributed by atoms with E-state index in [1.54, 1.807) is 30.2 Å². The summed E-state index contributed by atoms with van der Waals surface area (Å²) in [6.07, 6.45) is 0.815. The number of nitrogens with one attached hydrogen (secondary N) is 2. The molecule has 3 rings (SSSR count). The van der Waals surface area contributed by atoms with Crippen LogP contribution in [0.3, 0.4) is 0 Å². The molecule has 0 unspecified atom stereocenters. The van der Waals surface area contributed by atoms with Gasteiger partial charge in [0.1, 0.15) is 0 Å². The Labute approximate surface area is 171 Å². The zero-order valence-corrected chi connectivity index (χ0v) is 17.5. The fraction of sp³-hybridized carbons (Fsp3) is 0.364. The zero-order chi connectivity index (χ0) is 21.2. The van der Waals surface area contributed by atoms with E-state index in [1.165, 1.54) is 7.11 Å². The predicted octanol–water partition coefficient (Wildman–Crippen LogP) is 4.28. The van der Waals surface area contributed by atoms with Gasteiger partial charge in [0, 0.05) is 35.1 Å². The minimum atomic E-state index is -0.462. The van der Waals surface area contributed by atoms with Crippen LogP contribution in [0.15, 0.2) is 36.4 Å². The first-order valence-corrected chi connectivity index (χ1v) is 9.48. The molecule has 0 saturated carbocycles. The molecule has 0 aliphatic carbocycles. The molecular weight excluding hydrogens is 370 g/mol. The molecule has 0 bridgehead atoms. The van der Waals surface area contributed by atoms with Crippen LogP contribution < -0.4 is 25.0 Å². The SMILES string of the molecule is COc1ccc(NC(=O)Nc2ccc3c(c2)N(C(=O)C(C)(C)C)CC3)cc1OC. The number of benzene rings is 2. The summed E-state index contributed by atoms with van der Waals surface area (Å²) in [6.45, 7) is 6.39. The maximum absolute atomic E-state index is 12.7. The van der Waals surface area contributed by atoms with Gasteiger partial charge in [0.25, 0.3) is 0 Å². The predicted molar refractivity (Wildman–Crippen MR) is 114 cm³/mol. The maximum atomic E-state index is 12.7. The second-order valence-electron chi connectivity index (χ2n) is 7.95. The van der Waals surface area contributed by atoms with Crippen LogP contribution in [0.25, 0.3) is 0 Å². The average Bonchev–Trinajstić information content (AvgIpc) is 3.09. The van der Waals surface area contributed by atoms with Gasteiger partial charge in [-0.2, -0.15) is 0 Å². The van der Waals surface area contributed by atoms with Crippen molar-refractivity contribution >= 4 is 29.0 Å². The molecule has 0 aromatic heterocycles. The number of fused-ring (bicyclic) bond motifs is 1. The summed E-state index contributed by atoms with van der Waals surface area (Å²) in [4.78, 5) is 27.0. The van der Waals surface area contributed by atoms with E-state index in [0.29, 0.717) is 29.4 Å². The lowest BCUT2D eigenvalue weighted by Crippen LogP contribution is -2.38. The number of rotatable bonds is 4. The topological polar surface area (TPSA) is 79.9 Å². The van der Waals surface area contributed by atoms with Crippen LogP contribution in [0.5, 0.6) is 11.5 Å². The van der Waals surface area contributed by atoms with Crippen LogP contribution in [-0.2, 0) is 11.2 Å². The third-order valence-electron chi connectivity index (χ3n) is 4.77. The molecule has 0 atom stereocenters. The highest BCUT2D eigenvalue weighted by Crippen LogP contribution is 2.34. The van der Waals surface area contributed by atoms with Crippen molar-refractivity contribution in [1.29, 1.82) is 0 Å². The lowest BCUT2D eigenvalue weighted by atomic mass is 9.94. The summed E-state index contributed by atoms with van der Waals surface area (Å²) in [5.74, 6) is 1.18. The number of urea groups is 1. The van der Waals surface area contributed by atoms with Gasteiger partial charge in [-0.3, -0.25) is 4.79 Å². The van der Waals surface area contributed by atoms with Gasteiger partial charge in [-0.1, -0.05) is 26.8 Å². The van der Waals surface area contributed by atoms with Crippen molar-refractivity contribution in [1.82, 2.24) is 0 Å². The normalized spacial score (nSPS) is 12.9. The Morgan fingerprint density at radius 1 is 0.931 bits per heavy atom. The molecule has 0 spiro atoms. The lowest BCUT2D eigenvalue weighted by molar-refractivity contribution is -0.125. The van der Waals surface area contributed by atoms with E-state index in [4.69, 9.17) is 9.47 Å². The maximum Gasteiger partial charge on any atom is 0.323 e. The first-order valence-electron chi connectivity index (χ1n) is 9.48. The number of hydrogen-bond donors (Lipinski definition) is 2. The molecule has 7 nitrogen and oxygen atoms in total. The van der Waals surface area contributed by atoms with Crippen LogP contribution >= 0.6 is 0 Å². The molecule has 154 valence electrons. The molecule has 2 aromatic rings. The van der Waals surface area contributed by atoms with E-state index in [2.05, 4.69) is 10.6 Å². The molecule has 1 heterocycles. The summed E-state index contributed by atoms with van der Waals surface area (Å²) in [5, 5.41) is 5.60. The van der Waals surface area contributed by atoms with Gasteiger partial charge in [-0.25, -0.2) is 4.79 Å². The fourth-order valence-corrected chi connectivity index (χ4v) is 3.28. The van der Waals surface area contributed by atoms with E-state index in [1.807, 2.05) is 39.0 Å². The van der Waals surface area contributed by atoms with Crippen molar-refractivity contribution < 1.29 is 19.1 Å². The van der Waals surface area contributed by atoms with E-state index >= 15 is 0 Å². The molecule has 1 aliphatic rings. The van der Waals surface area contributed by atoms with E-state index in [0.717, 1.165) is 17.7 Å². The van der Waals surface area contributed by atoms with Crippen molar-refractivity contribution in [3.8, 4) is 11.5 Å². The number of nitrogens with zero attached hydrogens (tertiary/aromatic N) is 1. The van der Waals surface area contributed by atoms with Crippen molar-refractivity contribution in [3.63, 3.8) is 0 Å². The van der Waals surface area contributed by atoms with E-state index < -0.39 is 5.41 Å². The first kappa shape index (κ1) is 20.5. The van der Waals surface area contributed by atoms with Gasteiger partial charge in [0.15, 0.2) is 11.5 Å². The van der Waals surface area contributed by atoms with Crippen molar-refractivity contribution in [2.75, 3.05) is 36.3 Å². The number of methoxy groups -OCH3 is 2. The molecular formula is C22H27N3O4. The van der Waals surface area contributed by atoms with Gasteiger partial charge in [0.05, 0.1) is 14.2 Å². The number of amides is 3. The minimum absolute atomic E-state index is 0.0724. The Morgan fingerprint density at radius 2 is 1.55 bits per heavy atom. The van der Waals surface area contributed by atoms with Gasteiger partial charge >= 0.3 is 6.03 Å². The molecule has 0 radical (unpaired) electrons. The Bertz CT molecular complexity index is 934. The van der Waals surface area contributed by atoms with Gasteiger partial charge < -0.3 is 25.0 Å². The minimum Gasteiger partial charge on any atom is -0.493 e. The van der Waals surface area contributed by atoms with E-state index in [-0.39, 0.29) is 11.9 Å². The molecule has 3 amide bonds. The number of carbonyl (C=O) groups is 2. The fourth-order valence-electron chi connectivity index (χ4n) is 3.28. The zero-order valence-electron chi connectivity index (χ0n) is 17.5. The smallest absolute Gasteiger partial charge is 0.323 e. The molecule has 29 heavy (non-hydrogen) atoms. The quantitative estimate of drug-likeness (QED) is 0.807. The van der Waals surface area contributed by atoms with Crippen LogP contribution in [0.4, 0.5) is 21.9 Å². The van der Waals surface area contributed by atoms with Crippen molar-refractivity contribution in [2.24, 2.45) is 5.41 Å². The molecule has 1 aliphatic heterocycles. The molecule has 2 aromatic carbocycles. The second kappa shape index (κ2) is 8.03. The standard InChI is InChI=1S/C22H27N3O4/c1-22(2,3)20(26)25-11-10-14-6-7-15(12-17(14)25)23-21(27)24-16-8-9-18(28-4)19(13-16)29-5/h6-9,12-13H,10-11H2,1-5H3,(H2,23,24,27). The summed E-state index contributed by atoms with van der Waals surface area (Å²) in [5.41, 5.74) is 2.69. The first-order chi connectivity index (χ1) is 13.7. The largest absolute Gasteiger partial charge is 0.493 e. The highest BCUT2D eigenvalue weighted by atomic mass is 16.5. The van der Waals surface area contributed by atoms with Crippen LogP contribution in [-0.4, -0.2) is 32.7 Å². The third-order valence-corrected chi connectivity index (χ3v) is 4.77. The lowest BCUT2D eigenvalue weighted by Gasteiger charge is -2.26. The van der Waals surface area contributed by atoms with Crippen molar-refractivity contribution in [3.05, 3.63) is 42.0 Å². The molecule has 0 fully saturated rings. The number of anilines is 3. The Balaban J connectivity index is 1.73. The number of ether oxygens (including phenoxy) is 2. The van der Waals surface area contributed by atoms with Crippen LogP contribution in [0.2, 0.25) is 0 Å². The molecule has 2 N–H and O–H groups in total. The highest BCUT2D eigenvalue weighted by molar-refractivity contribution is 6.02. The molecule has 7 heteroatoms. The Hall–Kier alpha value is -3.22. The third kappa shape index (κ3) is 4.45. The second-order valence-corrected chi connectivity index (χ2v) is 7.95. The summed E-state index contributed by atoms with van der Waals surface area (Å²) in [6, 6.07) is 10.4. The summed E-state index contributed by atoms with van der Waals surface area (Å²) >= 11 is 0. The Kier molecular flexibility index (Phi) is 5.68. The highest BCUT2D eigenvalue weighted by Gasteiger charge is 2.32. The van der Waals surface area contributed by atoms with Crippen LogP contribution in [0, 0.1) is 5.41 Å². The monoisotopic (exact) mass is 397 g/mol. The average molecular weight is 397 g/mol. The van der Waals surface area contributed by atoms with Crippen LogP contribution in [0.1, 0.15) is 26.3 Å².